The minimum Gasteiger partial charge on any atom is -0.449 e. The zero-order chi connectivity index (χ0) is 22.8. The third kappa shape index (κ3) is 3.78. The quantitative estimate of drug-likeness (QED) is 0.265. The molecule has 0 saturated carbocycles. The summed E-state index contributed by atoms with van der Waals surface area (Å²) in [6.45, 7) is 4.31. The summed E-state index contributed by atoms with van der Waals surface area (Å²) in [6.07, 6.45) is -1.14. The van der Waals surface area contributed by atoms with Crippen LogP contribution < -0.4 is 5.32 Å². The summed E-state index contributed by atoms with van der Waals surface area (Å²) >= 11 is 0. The first-order chi connectivity index (χ1) is 15.4. The number of aromatic nitrogens is 1. The minimum atomic E-state index is -1.14. The molecule has 1 unspecified atom stereocenters. The molecular weight excluding hydrogens is 410 g/mol. The number of rotatable bonds is 6. The van der Waals surface area contributed by atoms with E-state index in [1.807, 2.05) is 30.3 Å². The number of carbonyl (C=O) groups excluding carboxylic acids is 2. The molecule has 4 aromatic rings. The van der Waals surface area contributed by atoms with E-state index < -0.39 is 22.9 Å². The Bertz CT molecular complexity index is 1360. The Hall–Kier alpha value is -4.20. The number of ether oxygens (including phenoxy) is 1. The fourth-order valence-electron chi connectivity index (χ4n) is 3.80. The molecular formula is C24H21N3O5. The molecule has 0 fully saturated rings. The molecule has 3 aromatic carbocycles. The molecule has 8 heteroatoms. The van der Waals surface area contributed by atoms with Crippen LogP contribution in [-0.2, 0) is 16.1 Å². The van der Waals surface area contributed by atoms with Crippen LogP contribution in [0.3, 0.4) is 0 Å². The first-order valence-electron chi connectivity index (χ1n) is 10.2. The summed E-state index contributed by atoms with van der Waals surface area (Å²) in [5.41, 5.74) is 2.16. The van der Waals surface area contributed by atoms with E-state index in [2.05, 4.69) is 22.9 Å². The van der Waals surface area contributed by atoms with Crippen LogP contribution in [-0.4, -0.2) is 27.5 Å². The van der Waals surface area contributed by atoms with Crippen molar-refractivity contribution in [3.05, 3.63) is 82.4 Å². The van der Waals surface area contributed by atoms with Gasteiger partial charge in [0.2, 0.25) is 0 Å². The topological polar surface area (TPSA) is 103 Å². The lowest BCUT2D eigenvalue weighted by Gasteiger charge is -2.14. The average Bonchev–Trinajstić information content (AvgIpc) is 3.12. The average molecular weight is 431 g/mol. The summed E-state index contributed by atoms with van der Waals surface area (Å²) in [7, 11) is 0. The van der Waals surface area contributed by atoms with Crippen molar-refractivity contribution in [1.29, 1.82) is 0 Å². The fraction of sp³-hybridized carbons (Fsp3) is 0.167. The van der Waals surface area contributed by atoms with Gasteiger partial charge in [0, 0.05) is 40.1 Å². The number of fused-ring (bicyclic) bond motifs is 3. The Morgan fingerprint density at radius 2 is 1.72 bits per heavy atom. The predicted octanol–water partition coefficient (Wildman–Crippen LogP) is 4.91. The Morgan fingerprint density at radius 1 is 1.03 bits per heavy atom. The first kappa shape index (κ1) is 21.0. The zero-order valence-corrected chi connectivity index (χ0v) is 17.6. The number of nitrogens with one attached hydrogen (secondary N) is 1. The van der Waals surface area contributed by atoms with E-state index in [9.17, 15) is 19.7 Å². The van der Waals surface area contributed by atoms with Crippen molar-refractivity contribution >= 4 is 45.1 Å². The second-order valence-corrected chi connectivity index (χ2v) is 7.30. The predicted molar refractivity (Wildman–Crippen MR) is 122 cm³/mol. The van der Waals surface area contributed by atoms with Crippen molar-refractivity contribution < 1.29 is 19.2 Å². The third-order valence-corrected chi connectivity index (χ3v) is 5.33. The third-order valence-electron chi connectivity index (χ3n) is 5.33. The highest BCUT2D eigenvalue weighted by atomic mass is 16.6. The van der Waals surface area contributed by atoms with Gasteiger partial charge in [-0.1, -0.05) is 30.3 Å². The summed E-state index contributed by atoms with van der Waals surface area (Å²) < 4.78 is 7.38. The van der Waals surface area contributed by atoms with Gasteiger partial charge in [0.1, 0.15) is 5.56 Å². The molecule has 1 atom stereocenters. The maximum absolute atomic E-state index is 12.6. The molecule has 1 heterocycles. The monoisotopic (exact) mass is 431 g/mol. The minimum absolute atomic E-state index is 0.203. The number of carbonyl (C=O) groups is 2. The molecule has 4 rings (SSSR count). The van der Waals surface area contributed by atoms with Gasteiger partial charge in [-0.25, -0.2) is 4.79 Å². The largest absolute Gasteiger partial charge is 0.449 e. The second kappa shape index (κ2) is 8.50. The van der Waals surface area contributed by atoms with Gasteiger partial charge in [0.25, 0.3) is 11.6 Å². The van der Waals surface area contributed by atoms with Crippen LogP contribution in [0.15, 0.2) is 66.7 Å². The van der Waals surface area contributed by atoms with Crippen LogP contribution >= 0.6 is 0 Å². The lowest BCUT2D eigenvalue weighted by Crippen LogP contribution is -2.30. The number of nitrogens with zero attached hydrogens (tertiary/aromatic N) is 2. The molecule has 1 aromatic heterocycles. The number of aryl methyl sites for hydroxylation is 1. The molecule has 0 aliphatic rings. The summed E-state index contributed by atoms with van der Waals surface area (Å²) in [6, 6.07) is 19.1. The van der Waals surface area contributed by atoms with E-state index in [1.165, 1.54) is 31.2 Å². The Morgan fingerprint density at radius 3 is 2.47 bits per heavy atom. The Kier molecular flexibility index (Phi) is 5.59. The number of nitro benzene ring substituents is 1. The second-order valence-electron chi connectivity index (χ2n) is 7.30. The number of hydrogen-bond donors (Lipinski definition) is 1. The highest BCUT2D eigenvalue weighted by Crippen LogP contribution is 2.31. The maximum atomic E-state index is 12.6. The number of nitro groups is 1. The molecule has 1 amide bonds. The lowest BCUT2D eigenvalue weighted by atomic mass is 10.1. The Labute approximate surface area is 183 Å². The maximum Gasteiger partial charge on any atom is 0.345 e. The molecule has 0 radical (unpaired) electrons. The molecule has 0 aliphatic heterocycles. The molecule has 8 nitrogen and oxygen atoms in total. The molecule has 0 spiro atoms. The van der Waals surface area contributed by atoms with Gasteiger partial charge in [-0.15, -0.1) is 0 Å². The standard InChI is InChI=1S/C24H21N3O5/c1-3-26-20-10-6-4-8-17(20)19-14-16(12-13-21(19)26)25-23(28)15(2)32-24(29)18-9-5-7-11-22(18)27(30)31/h4-15H,3H2,1-2H3,(H,25,28). The number of anilines is 1. The molecule has 162 valence electrons. The van der Waals surface area contributed by atoms with Crippen molar-refractivity contribution in [3.63, 3.8) is 0 Å². The van der Waals surface area contributed by atoms with Crippen LogP contribution in [0.25, 0.3) is 21.8 Å². The van der Waals surface area contributed by atoms with E-state index in [4.69, 9.17) is 4.74 Å². The molecule has 0 aliphatic carbocycles. The van der Waals surface area contributed by atoms with E-state index in [0.29, 0.717) is 5.69 Å². The van der Waals surface area contributed by atoms with Gasteiger partial charge in [-0.05, 0) is 44.2 Å². The summed E-state index contributed by atoms with van der Waals surface area (Å²) in [5.74, 6) is -1.46. The molecule has 32 heavy (non-hydrogen) atoms. The number of para-hydroxylation sites is 2. The smallest absolute Gasteiger partial charge is 0.345 e. The number of benzene rings is 3. The van der Waals surface area contributed by atoms with Crippen molar-refractivity contribution in [2.45, 2.75) is 26.5 Å². The number of amides is 1. The van der Waals surface area contributed by atoms with E-state index in [0.717, 1.165) is 28.4 Å². The van der Waals surface area contributed by atoms with Crippen molar-refractivity contribution in [3.8, 4) is 0 Å². The van der Waals surface area contributed by atoms with Gasteiger partial charge in [-0.2, -0.15) is 0 Å². The SMILES string of the molecule is CCn1c2ccccc2c2cc(NC(=O)C(C)OC(=O)c3ccccc3[N+](=O)[O-])ccc21. The van der Waals surface area contributed by atoms with Gasteiger partial charge >= 0.3 is 5.97 Å². The van der Waals surface area contributed by atoms with E-state index in [-0.39, 0.29) is 11.3 Å². The van der Waals surface area contributed by atoms with Crippen molar-refractivity contribution in [1.82, 2.24) is 4.57 Å². The van der Waals surface area contributed by atoms with Crippen LogP contribution in [0.2, 0.25) is 0 Å². The Balaban J connectivity index is 1.54. The molecule has 0 bridgehead atoms. The van der Waals surface area contributed by atoms with Crippen molar-refractivity contribution in [2.24, 2.45) is 0 Å². The van der Waals surface area contributed by atoms with Gasteiger partial charge in [0.15, 0.2) is 6.10 Å². The number of hydrogen-bond acceptors (Lipinski definition) is 5. The lowest BCUT2D eigenvalue weighted by molar-refractivity contribution is -0.385. The summed E-state index contributed by atoms with van der Waals surface area (Å²) in [4.78, 5) is 35.5. The van der Waals surface area contributed by atoms with Crippen molar-refractivity contribution in [2.75, 3.05) is 5.32 Å². The van der Waals surface area contributed by atoms with Crippen LogP contribution in [0.5, 0.6) is 0 Å². The first-order valence-corrected chi connectivity index (χ1v) is 10.2. The highest BCUT2D eigenvalue weighted by Gasteiger charge is 2.25. The van der Waals surface area contributed by atoms with Crippen LogP contribution in [0.1, 0.15) is 24.2 Å². The van der Waals surface area contributed by atoms with Crippen LogP contribution in [0.4, 0.5) is 11.4 Å². The number of esters is 1. The highest BCUT2D eigenvalue weighted by molar-refractivity contribution is 6.10. The van der Waals surface area contributed by atoms with E-state index >= 15 is 0 Å². The molecule has 0 saturated heterocycles. The normalized spacial score (nSPS) is 11.9. The van der Waals surface area contributed by atoms with E-state index in [1.54, 1.807) is 6.07 Å². The summed E-state index contributed by atoms with van der Waals surface area (Å²) in [5, 5.41) is 16.0. The fourth-order valence-corrected chi connectivity index (χ4v) is 3.80. The van der Waals surface area contributed by atoms with Gasteiger partial charge in [0.05, 0.1) is 4.92 Å². The van der Waals surface area contributed by atoms with Gasteiger partial charge < -0.3 is 14.6 Å². The van der Waals surface area contributed by atoms with Gasteiger partial charge in [-0.3, -0.25) is 14.9 Å². The molecule has 1 N–H and O–H groups in total. The van der Waals surface area contributed by atoms with Crippen LogP contribution in [0, 0.1) is 10.1 Å². The zero-order valence-electron chi connectivity index (χ0n) is 17.6.